The van der Waals surface area contributed by atoms with Crippen molar-refractivity contribution in [3.05, 3.63) is 0 Å². The van der Waals surface area contributed by atoms with E-state index >= 15 is 0 Å². The molecule has 0 aliphatic carbocycles. The summed E-state index contributed by atoms with van der Waals surface area (Å²) in [6, 6.07) is 0. The van der Waals surface area contributed by atoms with Crippen LogP contribution in [-0.2, 0) is 9.53 Å². The van der Waals surface area contributed by atoms with E-state index in [9.17, 15) is 14.7 Å². The average Bonchev–Trinajstić information content (AvgIpc) is 2.33. The van der Waals surface area contributed by atoms with Gasteiger partial charge in [0.05, 0.1) is 5.92 Å². The summed E-state index contributed by atoms with van der Waals surface area (Å²) in [6.45, 7) is 7.67. The third kappa shape index (κ3) is 2.59. The van der Waals surface area contributed by atoms with Crippen molar-refractivity contribution in [3.8, 4) is 0 Å². The standard InChI is InChI=1S/C10H20O4Si/c1-10(2,15(3,4)13)5-7-8(11)6-14-9(7)12/h7-8,11,13H,5-6H2,1-4H3/t7-,8+/m1/s1. The molecule has 0 saturated carbocycles. The molecule has 0 spiro atoms. The van der Waals surface area contributed by atoms with Crippen molar-refractivity contribution >= 4 is 14.3 Å². The molecule has 0 bridgehead atoms. The lowest BCUT2D eigenvalue weighted by molar-refractivity contribution is -0.141. The Hall–Kier alpha value is -0.393. The maximum atomic E-state index is 11.3. The summed E-state index contributed by atoms with van der Waals surface area (Å²) in [4.78, 5) is 21.4. The largest absolute Gasteiger partial charge is 0.463 e. The first-order valence-electron chi connectivity index (χ1n) is 5.22. The van der Waals surface area contributed by atoms with Gasteiger partial charge in [-0.1, -0.05) is 13.8 Å². The first-order chi connectivity index (χ1) is 6.65. The molecule has 0 unspecified atom stereocenters. The van der Waals surface area contributed by atoms with Crippen LogP contribution in [0.1, 0.15) is 20.3 Å². The Morgan fingerprint density at radius 1 is 1.53 bits per heavy atom. The second-order valence-electron chi connectivity index (χ2n) is 5.45. The van der Waals surface area contributed by atoms with Gasteiger partial charge in [0.2, 0.25) is 0 Å². The van der Waals surface area contributed by atoms with Crippen LogP contribution in [0.3, 0.4) is 0 Å². The lowest BCUT2D eigenvalue weighted by Gasteiger charge is -2.36. The molecule has 1 fully saturated rings. The zero-order chi connectivity index (χ0) is 11.9. The highest BCUT2D eigenvalue weighted by molar-refractivity contribution is 6.72. The fourth-order valence-electron chi connectivity index (χ4n) is 1.57. The van der Waals surface area contributed by atoms with E-state index in [-0.39, 0.29) is 17.6 Å². The molecular formula is C10H20O4Si. The van der Waals surface area contributed by atoms with Gasteiger partial charge in [-0.3, -0.25) is 4.79 Å². The van der Waals surface area contributed by atoms with E-state index in [0.29, 0.717) is 6.42 Å². The predicted molar refractivity (Wildman–Crippen MR) is 58.8 cm³/mol. The molecule has 0 radical (unpaired) electrons. The minimum atomic E-state index is -2.33. The van der Waals surface area contributed by atoms with E-state index in [2.05, 4.69) is 0 Å². The first kappa shape index (κ1) is 12.7. The normalized spacial score (nSPS) is 28.0. The lowest BCUT2D eigenvalue weighted by Crippen LogP contribution is -2.41. The van der Waals surface area contributed by atoms with Crippen molar-refractivity contribution in [2.45, 2.75) is 44.5 Å². The molecule has 0 aromatic carbocycles. The Bertz CT molecular complexity index is 257. The Labute approximate surface area is 91.4 Å². The minimum Gasteiger partial charge on any atom is -0.463 e. The van der Waals surface area contributed by atoms with Crippen LogP contribution < -0.4 is 0 Å². The second kappa shape index (κ2) is 3.88. The van der Waals surface area contributed by atoms with Gasteiger partial charge in [-0.15, -0.1) is 0 Å². The number of ether oxygens (including phenoxy) is 1. The molecule has 0 aromatic heterocycles. The second-order valence-corrected chi connectivity index (χ2v) is 9.92. The highest BCUT2D eigenvalue weighted by atomic mass is 28.4. The van der Waals surface area contributed by atoms with Crippen molar-refractivity contribution < 1.29 is 19.4 Å². The third-order valence-corrected chi connectivity index (χ3v) is 7.07. The molecule has 4 nitrogen and oxygen atoms in total. The molecule has 2 N–H and O–H groups in total. The van der Waals surface area contributed by atoms with Gasteiger partial charge in [0.15, 0.2) is 8.32 Å². The van der Waals surface area contributed by atoms with Crippen LogP contribution in [0.15, 0.2) is 0 Å². The van der Waals surface area contributed by atoms with Crippen LogP contribution in [0.2, 0.25) is 18.1 Å². The minimum absolute atomic E-state index is 0.0903. The summed E-state index contributed by atoms with van der Waals surface area (Å²) in [6.07, 6.45) is -0.226. The number of aliphatic hydroxyl groups excluding tert-OH is 1. The van der Waals surface area contributed by atoms with Crippen molar-refractivity contribution in [1.29, 1.82) is 0 Å². The number of esters is 1. The predicted octanol–water partition coefficient (Wildman–Crippen LogP) is 0.888. The molecule has 2 atom stereocenters. The van der Waals surface area contributed by atoms with E-state index in [4.69, 9.17) is 4.74 Å². The van der Waals surface area contributed by atoms with Gasteiger partial charge in [-0.05, 0) is 24.6 Å². The van der Waals surface area contributed by atoms with Gasteiger partial charge in [0.1, 0.15) is 12.7 Å². The summed E-state index contributed by atoms with van der Waals surface area (Å²) < 4.78 is 4.78. The maximum absolute atomic E-state index is 11.3. The SMILES string of the molecule is CC(C)(C[C@H]1C(=O)OC[C@@H]1O)[Si](C)(C)O. The highest BCUT2D eigenvalue weighted by Gasteiger charge is 2.45. The summed E-state index contributed by atoms with van der Waals surface area (Å²) in [5.41, 5.74) is 0. The van der Waals surface area contributed by atoms with Crippen molar-refractivity contribution in [2.24, 2.45) is 5.92 Å². The van der Waals surface area contributed by atoms with E-state index in [1.54, 1.807) is 0 Å². The number of cyclic esters (lactones) is 1. The molecule has 0 amide bonds. The van der Waals surface area contributed by atoms with Crippen LogP contribution in [0.25, 0.3) is 0 Å². The fraction of sp³-hybridized carbons (Fsp3) is 0.900. The van der Waals surface area contributed by atoms with Gasteiger partial charge in [-0.25, -0.2) is 0 Å². The number of carbonyl (C=O) groups excluding carboxylic acids is 1. The zero-order valence-electron chi connectivity index (χ0n) is 9.78. The lowest BCUT2D eigenvalue weighted by atomic mass is 9.93. The van der Waals surface area contributed by atoms with Crippen molar-refractivity contribution in [2.75, 3.05) is 6.61 Å². The summed E-state index contributed by atoms with van der Waals surface area (Å²) in [5, 5.41) is 9.27. The van der Waals surface area contributed by atoms with Crippen LogP contribution >= 0.6 is 0 Å². The Kier molecular flexibility index (Phi) is 3.28. The summed E-state index contributed by atoms with van der Waals surface area (Å²) in [5.74, 6) is -0.812. The molecule has 1 saturated heterocycles. The van der Waals surface area contributed by atoms with Crippen LogP contribution in [0.4, 0.5) is 0 Å². The Morgan fingerprint density at radius 2 is 2.07 bits per heavy atom. The van der Waals surface area contributed by atoms with Gasteiger partial charge in [0, 0.05) is 0 Å². The van der Waals surface area contributed by atoms with E-state index in [1.807, 2.05) is 26.9 Å². The molecule has 15 heavy (non-hydrogen) atoms. The highest BCUT2D eigenvalue weighted by Crippen LogP contribution is 2.43. The van der Waals surface area contributed by atoms with Gasteiger partial charge in [0.25, 0.3) is 0 Å². The maximum Gasteiger partial charge on any atom is 0.311 e. The number of hydrogen-bond donors (Lipinski definition) is 2. The molecule has 88 valence electrons. The molecule has 1 rings (SSSR count). The molecule has 5 heteroatoms. The smallest absolute Gasteiger partial charge is 0.311 e. The summed E-state index contributed by atoms with van der Waals surface area (Å²) >= 11 is 0. The quantitative estimate of drug-likeness (QED) is 0.560. The van der Waals surface area contributed by atoms with Crippen LogP contribution in [0.5, 0.6) is 0 Å². The first-order valence-corrected chi connectivity index (χ1v) is 8.17. The number of hydrogen-bond acceptors (Lipinski definition) is 4. The van der Waals surface area contributed by atoms with E-state index in [1.165, 1.54) is 0 Å². The topological polar surface area (TPSA) is 66.8 Å². The van der Waals surface area contributed by atoms with Crippen LogP contribution in [0, 0.1) is 5.92 Å². The van der Waals surface area contributed by atoms with Crippen molar-refractivity contribution in [3.63, 3.8) is 0 Å². The molecule has 1 aliphatic rings. The van der Waals surface area contributed by atoms with E-state index in [0.717, 1.165) is 0 Å². The summed E-state index contributed by atoms with van der Waals surface area (Å²) in [7, 11) is -2.33. The van der Waals surface area contributed by atoms with E-state index < -0.39 is 20.3 Å². The fourth-order valence-corrected chi connectivity index (χ4v) is 2.29. The van der Waals surface area contributed by atoms with Crippen molar-refractivity contribution in [1.82, 2.24) is 0 Å². The molecule has 1 aliphatic heterocycles. The van der Waals surface area contributed by atoms with Gasteiger partial charge in [-0.2, -0.15) is 0 Å². The van der Waals surface area contributed by atoms with Crippen LogP contribution in [-0.4, -0.2) is 36.9 Å². The third-order valence-electron chi connectivity index (χ3n) is 3.55. The average molecular weight is 232 g/mol. The molecule has 0 aromatic rings. The number of rotatable bonds is 3. The number of aliphatic hydroxyl groups is 1. The Morgan fingerprint density at radius 3 is 2.40 bits per heavy atom. The van der Waals surface area contributed by atoms with Gasteiger partial charge < -0.3 is 14.6 Å². The number of carbonyl (C=O) groups is 1. The van der Waals surface area contributed by atoms with Gasteiger partial charge >= 0.3 is 5.97 Å². The molecular weight excluding hydrogens is 212 g/mol. The monoisotopic (exact) mass is 232 g/mol. The molecule has 1 heterocycles. The zero-order valence-corrected chi connectivity index (χ0v) is 10.8. The Balaban J connectivity index is 2.73.